The molecule has 1 N–H and O–H groups in total. The van der Waals surface area contributed by atoms with E-state index in [-0.39, 0.29) is 17.7 Å². The van der Waals surface area contributed by atoms with Crippen LogP contribution >= 0.6 is 0 Å². The van der Waals surface area contributed by atoms with Gasteiger partial charge in [-0.05, 0) is 61.4 Å². The van der Waals surface area contributed by atoms with E-state index in [1.165, 1.54) is 19.3 Å². The van der Waals surface area contributed by atoms with Crippen molar-refractivity contribution in [2.75, 3.05) is 28.5 Å². The SMILES string of the molecule is CCCS(=O)(=O)Nc1ccc(C2C(C#N)c3ccc(OCC)cc3N2CC2CCC2)cc1. The lowest BCUT2D eigenvalue weighted by molar-refractivity contribution is 0.311. The van der Waals surface area contributed by atoms with Gasteiger partial charge in [-0.2, -0.15) is 5.26 Å². The van der Waals surface area contributed by atoms with Gasteiger partial charge in [-0.3, -0.25) is 4.72 Å². The van der Waals surface area contributed by atoms with Crippen molar-refractivity contribution < 1.29 is 13.2 Å². The number of rotatable bonds is 9. The number of nitriles is 1. The van der Waals surface area contributed by atoms with Crippen LogP contribution in [-0.4, -0.2) is 27.3 Å². The van der Waals surface area contributed by atoms with Crippen LogP contribution in [0.15, 0.2) is 42.5 Å². The Hall–Kier alpha value is -2.72. The Bertz CT molecular complexity index is 1090. The fourth-order valence-corrected chi connectivity index (χ4v) is 5.85. The maximum Gasteiger partial charge on any atom is 0.232 e. The fourth-order valence-electron chi connectivity index (χ4n) is 4.72. The summed E-state index contributed by atoms with van der Waals surface area (Å²) in [6.07, 6.45) is 4.28. The smallest absolute Gasteiger partial charge is 0.232 e. The summed E-state index contributed by atoms with van der Waals surface area (Å²) in [5, 5.41) is 10.1. The summed E-state index contributed by atoms with van der Waals surface area (Å²) < 4.78 is 32.6. The molecule has 2 aliphatic rings. The van der Waals surface area contributed by atoms with Crippen LogP contribution in [0.3, 0.4) is 0 Å². The van der Waals surface area contributed by atoms with Crippen molar-refractivity contribution in [3.05, 3.63) is 53.6 Å². The molecule has 170 valence electrons. The molecule has 0 spiro atoms. The van der Waals surface area contributed by atoms with E-state index in [1.807, 2.05) is 38.1 Å². The highest BCUT2D eigenvalue weighted by Gasteiger charge is 2.41. The molecule has 32 heavy (non-hydrogen) atoms. The van der Waals surface area contributed by atoms with Crippen LogP contribution in [0.5, 0.6) is 5.75 Å². The molecule has 4 rings (SSSR count). The standard InChI is InChI=1S/C25H31N3O3S/c1-3-14-32(29,30)27-20-10-8-19(9-11-20)25-23(16-26)22-13-12-21(31-4-2)15-24(22)28(25)17-18-6-5-7-18/h8-13,15,18,23,25,27H,3-7,14,17H2,1-2H3. The minimum Gasteiger partial charge on any atom is -0.494 e. The van der Waals surface area contributed by atoms with Gasteiger partial charge in [0.15, 0.2) is 0 Å². The number of ether oxygens (including phenoxy) is 1. The first-order chi connectivity index (χ1) is 15.5. The molecule has 6 nitrogen and oxygen atoms in total. The molecule has 1 saturated carbocycles. The zero-order chi connectivity index (χ0) is 22.7. The van der Waals surface area contributed by atoms with Crippen LogP contribution in [0.2, 0.25) is 0 Å². The molecule has 2 atom stereocenters. The minimum absolute atomic E-state index is 0.0977. The molecule has 1 heterocycles. The number of hydrogen-bond donors (Lipinski definition) is 1. The zero-order valence-corrected chi connectivity index (χ0v) is 19.6. The Morgan fingerprint density at radius 3 is 2.50 bits per heavy atom. The molecule has 0 saturated heterocycles. The van der Waals surface area contributed by atoms with E-state index in [2.05, 4.69) is 21.8 Å². The van der Waals surface area contributed by atoms with Crippen LogP contribution < -0.4 is 14.4 Å². The van der Waals surface area contributed by atoms with E-state index < -0.39 is 10.0 Å². The lowest BCUT2D eigenvalue weighted by Crippen LogP contribution is -2.34. The normalized spacial score (nSPS) is 20.3. The van der Waals surface area contributed by atoms with Gasteiger partial charge in [0.2, 0.25) is 10.0 Å². The molecule has 2 unspecified atom stereocenters. The topological polar surface area (TPSA) is 82.4 Å². The lowest BCUT2D eigenvalue weighted by atomic mass is 9.84. The summed E-state index contributed by atoms with van der Waals surface area (Å²) in [4.78, 5) is 2.37. The van der Waals surface area contributed by atoms with Crippen molar-refractivity contribution in [3.63, 3.8) is 0 Å². The lowest BCUT2D eigenvalue weighted by Gasteiger charge is -2.36. The molecule has 2 aromatic rings. The second-order valence-corrected chi connectivity index (χ2v) is 10.5. The van der Waals surface area contributed by atoms with Crippen LogP contribution in [0.25, 0.3) is 0 Å². The van der Waals surface area contributed by atoms with E-state index in [1.54, 1.807) is 12.1 Å². The molecular formula is C25H31N3O3S. The van der Waals surface area contributed by atoms with Crippen molar-refractivity contribution in [3.8, 4) is 11.8 Å². The van der Waals surface area contributed by atoms with Crippen LogP contribution in [0.4, 0.5) is 11.4 Å². The van der Waals surface area contributed by atoms with Crippen molar-refractivity contribution in [2.24, 2.45) is 5.92 Å². The minimum atomic E-state index is -3.34. The van der Waals surface area contributed by atoms with Gasteiger partial charge >= 0.3 is 0 Å². The van der Waals surface area contributed by atoms with E-state index in [0.717, 1.165) is 29.1 Å². The highest BCUT2D eigenvalue weighted by molar-refractivity contribution is 7.92. The molecule has 2 aromatic carbocycles. The Labute approximate surface area is 191 Å². The second kappa shape index (κ2) is 9.41. The molecule has 1 aliphatic carbocycles. The van der Waals surface area contributed by atoms with Gasteiger partial charge in [-0.15, -0.1) is 0 Å². The largest absolute Gasteiger partial charge is 0.494 e. The van der Waals surface area contributed by atoms with Crippen molar-refractivity contribution in [1.82, 2.24) is 0 Å². The van der Waals surface area contributed by atoms with E-state index in [0.29, 0.717) is 24.6 Å². The predicted octanol–water partition coefficient (Wildman–Crippen LogP) is 5.21. The number of fused-ring (bicyclic) bond motifs is 1. The van der Waals surface area contributed by atoms with Gasteiger partial charge in [0.25, 0.3) is 0 Å². The maximum atomic E-state index is 12.1. The zero-order valence-electron chi connectivity index (χ0n) is 18.8. The second-order valence-electron chi connectivity index (χ2n) is 8.70. The van der Waals surface area contributed by atoms with Crippen LogP contribution in [0.1, 0.15) is 62.6 Å². The Morgan fingerprint density at radius 1 is 1.16 bits per heavy atom. The number of nitrogens with zero attached hydrogens (tertiary/aromatic N) is 2. The summed E-state index contributed by atoms with van der Waals surface area (Å²) in [7, 11) is -3.34. The quantitative estimate of drug-likeness (QED) is 0.564. The molecule has 0 aromatic heterocycles. The molecule has 1 fully saturated rings. The summed E-state index contributed by atoms with van der Waals surface area (Å²) in [6.45, 7) is 5.32. The molecule has 1 aliphatic heterocycles. The Balaban J connectivity index is 1.66. The van der Waals surface area contributed by atoms with Gasteiger partial charge in [0, 0.05) is 24.0 Å². The third-order valence-electron chi connectivity index (χ3n) is 6.43. The highest BCUT2D eigenvalue weighted by atomic mass is 32.2. The Kier molecular flexibility index (Phi) is 6.61. The molecule has 0 amide bonds. The van der Waals surface area contributed by atoms with Crippen molar-refractivity contribution in [2.45, 2.75) is 51.5 Å². The molecule has 0 radical (unpaired) electrons. The first kappa shape index (κ1) is 22.5. The number of sulfonamides is 1. The summed E-state index contributed by atoms with van der Waals surface area (Å²) in [6, 6.07) is 16.0. The van der Waals surface area contributed by atoms with Gasteiger partial charge < -0.3 is 9.64 Å². The van der Waals surface area contributed by atoms with Crippen molar-refractivity contribution in [1.29, 1.82) is 5.26 Å². The molecule has 0 bridgehead atoms. The number of nitrogens with one attached hydrogen (secondary N) is 1. The molecular weight excluding hydrogens is 422 g/mol. The van der Waals surface area contributed by atoms with Crippen LogP contribution in [0, 0.1) is 17.2 Å². The summed E-state index contributed by atoms with van der Waals surface area (Å²) in [5.41, 5.74) is 3.68. The Morgan fingerprint density at radius 2 is 1.91 bits per heavy atom. The van der Waals surface area contributed by atoms with Gasteiger partial charge in [-0.25, -0.2) is 8.42 Å². The average Bonchev–Trinajstić information content (AvgIpc) is 3.04. The summed E-state index contributed by atoms with van der Waals surface area (Å²) in [5.74, 6) is 1.27. The van der Waals surface area contributed by atoms with E-state index >= 15 is 0 Å². The third kappa shape index (κ3) is 4.56. The van der Waals surface area contributed by atoms with E-state index in [4.69, 9.17) is 4.74 Å². The monoisotopic (exact) mass is 453 g/mol. The molecule has 7 heteroatoms. The number of hydrogen-bond acceptors (Lipinski definition) is 5. The van der Waals surface area contributed by atoms with Crippen molar-refractivity contribution >= 4 is 21.4 Å². The van der Waals surface area contributed by atoms with Gasteiger partial charge in [0.05, 0.1) is 30.4 Å². The highest BCUT2D eigenvalue weighted by Crippen LogP contribution is 2.51. The first-order valence-corrected chi connectivity index (χ1v) is 13.1. The average molecular weight is 454 g/mol. The van der Waals surface area contributed by atoms with Gasteiger partial charge in [0.1, 0.15) is 5.75 Å². The number of anilines is 2. The number of benzene rings is 2. The maximum absolute atomic E-state index is 12.1. The summed E-state index contributed by atoms with van der Waals surface area (Å²) >= 11 is 0. The van der Waals surface area contributed by atoms with Crippen LogP contribution in [-0.2, 0) is 10.0 Å². The fraction of sp³-hybridized carbons (Fsp3) is 0.480. The predicted molar refractivity (Wildman–Crippen MR) is 128 cm³/mol. The third-order valence-corrected chi connectivity index (χ3v) is 7.92. The first-order valence-electron chi connectivity index (χ1n) is 11.5. The van der Waals surface area contributed by atoms with Gasteiger partial charge in [-0.1, -0.05) is 31.5 Å². The van der Waals surface area contributed by atoms with E-state index in [9.17, 15) is 13.7 Å².